The van der Waals surface area contributed by atoms with E-state index in [0.717, 1.165) is 23.4 Å². The molecule has 1 heterocycles. The number of thiazole rings is 1. The third-order valence-electron chi connectivity index (χ3n) is 4.39. The summed E-state index contributed by atoms with van der Waals surface area (Å²) in [7, 11) is 0. The summed E-state index contributed by atoms with van der Waals surface area (Å²) in [4.78, 5) is 19.4. The van der Waals surface area contributed by atoms with Crippen molar-refractivity contribution < 1.29 is 9.18 Å². The molecule has 0 radical (unpaired) electrons. The van der Waals surface area contributed by atoms with E-state index in [0.29, 0.717) is 17.7 Å². The van der Waals surface area contributed by atoms with Gasteiger partial charge in [0.05, 0.1) is 0 Å². The summed E-state index contributed by atoms with van der Waals surface area (Å²) in [6, 6.07) is 6.77. The van der Waals surface area contributed by atoms with Gasteiger partial charge in [0, 0.05) is 23.0 Å². The molecule has 1 atom stereocenters. The predicted molar refractivity (Wildman–Crippen MR) is 91.0 cm³/mol. The van der Waals surface area contributed by atoms with E-state index in [1.807, 2.05) is 10.3 Å². The molecule has 1 aliphatic rings. The number of nitrogens with zero attached hydrogens (tertiary/aromatic N) is 2. The quantitative estimate of drug-likeness (QED) is 0.802. The molecule has 0 aliphatic heterocycles. The topological polar surface area (TPSA) is 33.2 Å². The molecule has 0 bridgehead atoms. The van der Waals surface area contributed by atoms with Crippen LogP contribution in [0.5, 0.6) is 0 Å². The molecule has 3 rings (SSSR count). The molecule has 1 unspecified atom stereocenters. The molecule has 0 spiro atoms. The number of halogens is 1. The van der Waals surface area contributed by atoms with Crippen LogP contribution in [0.4, 0.5) is 4.39 Å². The Hall–Kier alpha value is -1.75. The summed E-state index contributed by atoms with van der Waals surface area (Å²) in [5.74, 6) is 0.153. The van der Waals surface area contributed by atoms with Crippen molar-refractivity contribution in [1.29, 1.82) is 0 Å². The van der Waals surface area contributed by atoms with E-state index < -0.39 is 0 Å². The second kappa shape index (κ2) is 6.40. The van der Waals surface area contributed by atoms with Gasteiger partial charge in [-0.3, -0.25) is 4.79 Å². The first-order chi connectivity index (χ1) is 11.0. The summed E-state index contributed by atoms with van der Waals surface area (Å²) >= 11 is 1.43. The Morgan fingerprint density at radius 2 is 1.91 bits per heavy atom. The molecule has 1 saturated carbocycles. The Bertz CT molecular complexity index is 691. The smallest absolute Gasteiger partial charge is 0.273 e. The van der Waals surface area contributed by atoms with Crippen molar-refractivity contribution in [3.05, 3.63) is 41.2 Å². The minimum Gasteiger partial charge on any atom is -0.331 e. The lowest BCUT2D eigenvalue weighted by Crippen LogP contribution is -2.43. The summed E-state index contributed by atoms with van der Waals surface area (Å²) in [5.41, 5.74) is 1.33. The highest BCUT2D eigenvalue weighted by molar-refractivity contribution is 7.13. The van der Waals surface area contributed by atoms with E-state index in [-0.39, 0.29) is 17.8 Å². The van der Waals surface area contributed by atoms with Crippen LogP contribution >= 0.6 is 11.3 Å². The van der Waals surface area contributed by atoms with Gasteiger partial charge in [0.1, 0.15) is 16.5 Å². The number of carbonyl (C=O) groups excluding carboxylic acids is 1. The predicted octanol–water partition coefficient (Wildman–Crippen LogP) is 4.60. The highest BCUT2D eigenvalue weighted by Crippen LogP contribution is 2.33. The number of hydrogen-bond acceptors (Lipinski definition) is 3. The van der Waals surface area contributed by atoms with Crippen molar-refractivity contribution in [2.75, 3.05) is 0 Å². The van der Waals surface area contributed by atoms with Crippen LogP contribution in [0.3, 0.4) is 0 Å². The molecule has 3 nitrogen and oxygen atoms in total. The van der Waals surface area contributed by atoms with Crippen LogP contribution in [0.2, 0.25) is 0 Å². The van der Waals surface area contributed by atoms with Gasteiger partial charge in [0.25, 0.3) is 5.91 Å². The van der Waals surface area contributed by atoms with Gasteiger partial charge in [-0.05, 0) is 49.9 Å². The second-order valence-electron chi connectivity index (χ2n) is 6.47. The third-order valence-corrected chi connectivity index (χ3v) is 5.28. The maximum Gasteiger partial charge on any atom is 0.273 e. The molecular formula is C18H21FN2OS. The molecule has 1 aliphatic carbocycles. The maximum absolute atomic E-state index is 13.0. The van der Waals surface area contributed by atoms with Crippen molar-refractivity contribution >= 4 is 17.2 Å². The number of benzene rings is 1. The molecule has 0 saturated heterocycles. The molecular weight excluding hydrogens is 311 g/mol. The minimum absolute atomic E-state index is 0.0123. The van der Waals surface area contributed by atoms with E-state index in [2.05, 4.69) is 25.8 Å². The first-order valence-electron chi connectivity index (χ1n) is 8.01. The first-order valence-corrected chi connectivity index (χ1v) is 8.89. The normalized spacial score (nSPS) is 15.7. The van der Waals surface area contributed by atoms with Gasteiger partial charge < -0.3 is 4.90 Å². The zero-order valence-electron chi connectivity index (χ0n) is 13.6. The number of hydrogen-bond donors (Lipinski definition) is 0. The van der Waals surface area contributed by atoms with Crippen LogP contribution in [0.25, 0.3) is 10.6 Å². The average molecular weight is 332 g/mol. The van der Waals surface area contributed by atoms with E-state index in [9.17, 15) is 9.18 Å². The van der Waals surface area contributed by atoms with Gasteiger partial charge in [-0.25, -0.2) is 9.37 Å². The van der Waals surface area contributed by atoms with Crippen LogP contribution in [-0.2, 0) is 0 Å². The average Bonchev–Trinajstić information content (AvgIpc) is 3.23. The Morgan fingerprint density at radius 3 is 2.48 bits per heavy atom. The Kier molecular flexibility index (Phi) is 4.48. The van der Waals surface area contributed by atoms with Crippen LogP contribution < -0.4 is 0 Å². The van der Waals surface area contributed by atoms with Gasteiger partial charge in [-0.1, -0.05) is 13.8 Å². The van der Waals surface area contributed by atoms with Crippen LogP contribution in [0.15, 0.2) is 29.6 Å². The fraction of sp³-hybridized carbons (Fsp3) is 0.444. The minimum atomic E-state index is -0.271. The fourth-order valence-electron chi connectivity index (χ4n) is 2.59. The standard InChI is InChI=1S/C18H21FN2OS/c1-11(2)12(3)21(15-8-9-15)18(22)16-10-23-17(20-16)13-4-6-14(19)7-5-13/h4-7,10-12,15H,8-9H2,1-3H3. The SMILES string of the molecule is CC(C)C(C)N(C(=O)c1csc(-c2ccc(F)cc2)n1)C1CC1. The molecule has 1 fully saturated rings. The van der Waals surface area contributed by atoms with E-state index in [1.165, 1.54) is 23.5 Å². The molecule has 23 heavy (non-hydrogen) atoms. The summed E-state index contributed by atoms with van der Waals surface area (Å²) in [6.07, 6.45) is 2.16. The van der Waals surface area contributed by atoms with Gasteiger partial charge in [0.15, 0.2) is 0 Å². The van der Waals surface area contributed by atoms with Crippen molar-refractivity contribution in [3.63, 3.8) is 0 Å². The second-order valence-corrected chi connectivity index (χ2v) is 7.33. The number of carbonyl (C=O) groups is 1. The Labute approximate surface area is 140 Å². The number of aromatic nitrogens is 1. The van der Waals surface area contributed by atoms with Crippen LogP contribution in [0, 0.1) is 11.7 Å². The Balaban J connectivity index is 1.83. The molecule has 122 valence electrons. The van der Waals surface area contributed by atoms with Gasteiger partial charge in [0.2, 0.25) is 0 Å². The highest BCUT2D eigenvalue weighted by atomic mass is 32.1. The molecule has 0 N–H and O–H groups in total. The zero-order chi connectivity index (χ0) is 16.6. The van der Waals surface area contributed by atoms with Crippen molar-refractivity contribution in [2.24, 2.45) is 5.92 Å². The van der Waals surface area contributed by atoms with E-state index in [4.69, 9.17) is 0 Å². The van der Waals surface area contributed by atoms with Crippen molar-refractivity contribution in [2.45, 2.75) is 45.7 Å². The van der Waals surface area contributed by atoms with E-state index in [1.54, 1.807) is 12.1 Å². The lowest BCUT2D eigenvalue weighted by molar-refractivity contribution is 0.0622. The fourth-order valence-corrected chi connectivity index (χ4v) is 3.39. The van der Waals surface area contributed by atoms with Crippen molar-refractivity contribution in [3.8, 4) is 10.6 Å². The molecule has 2 aromatic rings. The van der Waals surface area contributed by atoms with Gasteiger partial charge >= 0.3 is 0 Å². The molecule has 1 aromatic carbocycles. The third kappa shape index (κ3) is 3.44. The highest BCUT2D eigenvalue weighted by Gasteiger charge is 2.37. The summed E-state index contributed by atoms with van der Waals surface area (Å²) < 4.78 is 13.0. The van der Waals surface area contributed by atoms with Crippen LogP contribution in [0.1, 0.15) is 44.1 Å². The van der Waals surface area contributed by atoms with Crippen molar-refractivity contribution in [1.82, 2.24) is 9.88 Å². The monoisotopic (exact) mass is 332 g/mol. The number of amides is 1. The van der Waals surface area contributed by atoms with Gasteiger partial charge in [-0.15, -0.1) is 11.3 Å². The molecule has 5 heteroatoms. The maximum atomic E-state index is 13.0. The number of rotatable bonds is 5. The molecule has 1 aromatic heterocycles. The lowest BCUT2D eigenvalue weighted by atomic mass is 10.0. The summed E-state index contributed by atoms with van der Waals surface area (Å²) in [6.45, 7) is 6.38. The Morgan fingerprint density at radius 1 is 1.26 bits per heavy atom. The zero-order valence-corrected chi connectivity index (χ0v) is 14.4. The summed E-state index contributed by atoms with van der Waals surface area (Å²) in [5, 5.41) is 2.56. The first kappa shape index (κ1) is 16.1. The molecule has 1 amide bonds. The van der Waals surface area contributed by atoms with Gasteiger partial charge in [-0.2, -0.15) is 0 Å². The van der Waals surface area contributed by atoms with E-state index >= 15 is 0 Å². The lowest BCUT2D eigenvalue weighted by Gasteiger charge is -2.31. The largest absolute Gasteiger partial charge is 0.331 e. The van der Waals surface area contributed by atoms with Crippen LogP contribution in [-0.4, -0.2) is 27.9 Å².